The first-order valence-corrected chi connectivity index (χ1v) is 12.5. The fraction of sp³-hybridized carbons (Fsp3) is 0.400. The molecule has 2 saturated heterocycles. The molecule has 4 aliphatic rings. The Bertz CT molecular complexity index is 1050. The lowest BCUT2D eigenvalue weighted by Crippen LogP contribution is -2.75. The van der Waals surface area contributed by atoms with Crippen LogP contribution in [0.3, 0.4) is 0 Å². The van der Waals surface area contributed by atoms with Crippen molar-refractivity contribution in [1.82, 2.24) is 4.90 Å². The first-order valence-electron chi connectivity index (χ1n) is 12.5. The summed E-state index contributed by atoms with van der Waals surface area (Å²) in [6.45, 7) is 0.883. The summed E-state index contributed by atoms with van der Waals surface area (Å²) >= 11 is 0. The average molecular weight is 439 g/mol. The molecule has 3 unspecified atom stereocenters. The largest absolute Gasteiger partial charge is 0.496 e. The number of nitrogens with two attached hydrogens (primary N) is 1. The van der Waals surface area contributed by atoms with Crippen molar-refractivity contribution < 1.29 is 4.74 Å². The summed E-state index contributed by atoms with van der Waals surface area (Å²) in [5, 5.41) is 0. The highest BCUT2D eigenvalue weighted by Crippen LogP contribution is 2.60. The Balaban J connectivity index is 1.50. The molecule has 3 atom stereocenters. The van der Waals surface area contributed by atoms with Crippen molar-refractivity contribution in [3.05, 3.63) is 102 Å². The van der Waals surface area contributed by atoms with E-state index in [4.69, 9.17) is 10.5 Å². The summed E-state index contributed by atoms with van der Waals surface area (Å²) in [5.74, 6) is 2.46. The SMILES string of the molecule is COc1ccccc1CN1C2CC3CCC(C2)C3(N)C1C(c1ccccc1)c1ccccc1. The number of hydrogen-bond donors (Lipinski definition) is 1. The maximum Gasteiger partial charge on any atom is 0.123 e. The Hall–Kier alpha value is -2.62. The first-order chi connectivity index (χ1) is 16.2. The number of hydrogen-bond acceptors (Lipinski definition) is 3. The number of ether oxygens (including phenoxy) is 1. The van der Waals surface area contributed by atoms with Crippen LogP contribution in [0.2, 0.25) is 0 Å². The van der Waals surface area contributed by atoms with Gasteiger partial charge in [-0.3, -0.25) is 4.90 Å². The molecule has 3 aromatic carbocycles. The predicted molar refractivity (Wildman–Crippen MR) is 133 cm³/mol. The van der Waals surface area contributed by atoms with Crippen LogP contribution in [-0.2, 0) is 6.54 Å². The summed E-state index contributed by atoms with van der Waals surface area (Å²) < 4.78 is 5.75. The van der Waals surface area contributed by atoms with Crippen molar-refractivity contribution in [3.8, 4) is 5.75 Å². The summed E-state index contributed by atoms with van der Waals surface area (Å²) in [6, 6.07) is 31.5. The number of piperidine rings is 2. The van der Waals surface area contributed by atoms with Crippen LogP contribution in [0, 0.1) is 11.8 Å². The zero-order valence-corrected chi connectivity index (χ0v) is 19.4. The second-order valence-electron chi connectivity index (χ2n) is 10.3. The summed E-state index contributed by atoms with van der Waals surface area (Å²) in [7, 11) is 1.78. The predicted octanol–water partition coefficient (Wildman–Crippen LogP) is 5.60. The molecule has 7 rings (SSSR count). The number of benzene rings is 3. The molecular formula is C30H34N2O. The van der Waals surface area contributed by atoms with Gasteiger partial charge in [0.2, 0.25) is 0 Å². The van der Waals surface area contributed by atoms with Crippen molar-refractivity contribution >= 4 is 0 Å². The maximum atomic E-state index is 7.61. The summed E-state index contributed by atoms with van der Waals surface area (Å²) in [6.07, 6.45) is 5.03. The standard InChI is InChI=1S/C30H34N2O/c1-33-27-15-9-8-14-23(27)20-32-26-18-24-16-17-25(19-26)30(24,31)29(32)28(21-10-4-2-5-11-21)22-12-6-3-7-13-22/h2-15,24-26,28-29H,16-20,31H2,1H3. The van der Waals surface area contributed by atoms with Crippen molar-refractivity contribution in [2.45, 2.75) is 55.8 Å². The molecule has 2 heterocycles. The minimum absolute atomic E-state index is 0.160. The third kappa shape index (κ3) is 3.33. The minimum Gasteiger partial charge on any atom is -0.496 e. The van der Waals surface area contributed by atoms with E-state index in [0.29, 0.717) is 17.9 Å². The Morgan fingerprint density at radius 3 is 1.97 bits per heavy atom. The van der Waals surface area contributed by atoms with Crippen molar-refractivity contribution in [2.75, 3.05) is 7.11 Å². The highest BCUT2D eigenvalue weighted by molar-refractivity contribution is 5.40. The van der Waals surface area contributed by atoms with E-state index in [1.54, 1.807) is 7.11 Å². The van der Waals surface area contributed by atoms with Gasteiger partial charge >= 0.3 is 0 Å². The van der Waals surface area contributed by atoms with Gasteiger partial charge < -0.3 is 10.5 Å². The first kappa shape index (κ1) is 20.9. The topological polar surface area (TPSA) is 38.5 Å². The molecule has 0 amide bonds. The molecule has 170 valence electrons. The van der Waals surface area contributed by atoms with Gasteiger partial charge in [0.1, 0.15) is 5.75 Å². The third-order valence-electron chi connectivity index (χ3n) is 8.91. The fourth-order valence-corrected chi connectivity index (χ4v) is 7.52. The van der Waals surface area contributed by atoms with E-state index >= 15 is 0 Å². The van der Waals surface area contributed by atoms with Gasteiger partial charge in [0.25, 0.3) is 0 Å². The van der Waals surface area contributed by atoms with Gasteiger partial charge in [0.05, 0.1) is 7.11 Å². The zero-order chi connectivity index (χ0) is 22.4. The number of para-hydroxylation sites is 1. The Morgan fingerprint density at radius 1 is 0.848 bits per heavy atom. The summed E-state index contributed by atoms with van der Waals surface area (Å²) in [4.78, 5) is 2.76. The average Bonchev–Trinajstić information content (AvgIpc) is 3.04. The molecule has 33 heavy (non-hydrogen) atoms. The van der Waals surface area contributed by atoms with Gasteiger partial charge in [-0.15, -0.1) is 0 Å². The van der Waals surface area contributed by atoms with Crippen LogP contribution < -0.4 is 10.5 Å². The molecule has 2 aliphatic heterocycles. The zero-order valence-electron chi connectivity index (χ0n) is 19.4. The molecule has 0 spiro atoms. The van der Waals surface area contributed by atoms with Gasteiger partial charge in [0.15, 0.2) is 0 Å². The van der Waals surface area contributed by atoms with Gasteiger partial charge in [-0.05, 0) is 54.7 Å². The molecule has 3 heteroatoms. The van der Waals surface area contributed by atoms with E-state index in [1.165, 1.54) is 42.4 Å². The minimum atomic E-state index is -0.160. The lowest BCUT2D eigenvalue weighted by molar-refractivity contribution is -0.0878. The molecule has 2 saturated carbocycles. The maximum absolute atomic E-state index is 7.61. The van der Waals surface area contributed by atoms with E-state index in [2.05, 4.69) is 89.8 Å². The van der Waals surface area contributed by atoms with Crippen LogP contribution in [0.5, 0.6) is 5.75 Å². The lowest BCUT2D eigenvalue weighted by Gasteiger charge is -2.63. The van der Waals surface area contributed by atoms with Crippen LogP contribution >= 0.6 is 0 Å². The van der Waals surface area contributed by atoms with E-state index < -0.39 is 0 Å². The Kier molecular flexibility index (Phi) is 5.27. The second kappa shape index (κ2) is 8.30. The number of methoxy groups -OCH3 is 1. The van der Waals surface area contributed by atoms with Crippen LogP contribution in [0.25, 0.3) is 0 Å². The molecule has 3 nitrogen and oxygen atoms in total. The fourth-order valence-electron chi connectivity index (χ4n) is 7.52. The molecule has 3 aromatic rings. The Morgan fingerprint density at radius 2 is 1.39 bits per heavy atom. The quantitative estimate of drug-likeness (QED) is 0.545. The molecule has 0 radical (unpaired) electrons. The Labute approximate surface area is 197 Å². The molecule has 2 aliphatic carbocycles. The number of nitrogens with zero attached hydrogens (tertiary/aromatic N) is 1. The smallest absolute Gasteiger partial charge is 0.123 e. The van der Waals surface area contributed by atoms with Crippen molar-refractivity contribution in [1.29, 1.82) is 0 Å². The molecule has 0 aromatic heterocycles. The van der Waals surface area contributed by atoms with E-state index in [0.717, 1.165) is 12.3 Å². The normalized spacial score (nSPS) is 30.6. The molecular weight excluding hydrogens is 404 g/mol. The number of rotatable bonds is 6. The highest BCUT2D eigenvalue weighted by atomic mass is 16.5. The van der Waals surface area contributed by atoms with Crippen LogP contribution in [0.4, 0.5) is 0 Å². The van der Waals surface area contributed by atoms with Crippen LogP contribution in [-0.4, -0.2) is 29.6 Å². The third-order valence-corrected chi connectivity index (χ3v) is 8.91. The monoisotopic (exact) mass is 438 g/mol. The molecule has 4 bridgehead atoms. The van der Waals surface area contributed by atoms with Crippen LogP contribution in [0.1, 0.15) is 48.3 Å². The van der Waals surface area contributed by atoms with E-state index in [1.807, 2.05) is 0 Å². The number of fused-ring (bicyclic) bond motifs is 1. The highest BCUT2D eigenvalue weighted by Gasteiger charge is 2.64. The lowest BCUT2D eigenvalue weighted by atomic mass is 9.57. The van der Waals surface area contributed by atoms with Crippen molar-refractivity contribution in [3.63, 3.8) is 0 Å². The summed E-state index contributed by atoms with van der Waals surface area (Å²) in [5.41, 5.74) is 11.4. The van der Waals surface area contributed by atoms with Crippen LogP contribution in [0.15, 0.2) is 84.9 Å². The van der Waals surface area contributed by atoms with E-state index in [-0.39, 0.29) is 17.5 Å². The second-order valence-corrected chi connectivity index (χ2v) is 10.3. The van der Waals surface area contributed by atoms with Crippen molar-refractivity contribution in [2.24, 2.45) is 17.6 Å². The van der Waals surface area contributed by atoms with E-state index in [9.17, 15) is 0 Å². The van der Waals surface area contributed by atoms with Gasteiger partial charge in [-0.1, -0.05) is 78.9 Å². The molecule has 2 N–H and O–H groups in total. The molecule has 4 fully saturated rings. The van der Waals surface area contributed by atoms with Gasteiger partial charge in [0, 0.05) is 35.6 Å². The van der Waals surface area contributed by atoms with Gasteiger partial charge in [-0.2, -0.15) is 0 Å². The van der Waals surface area contributed by atoms with Gasteiger partial charge in [-0.25, -0.2) is 0 Å².